The van der Waals surface area contributed by atoms with Crippen LogP contribution in [0, 0.1) is 11.8 Å². The van der Waals surface area contributed by atoms with Gasteiger partial charge in [0.2, 0.25) is 10.0 Å². The van der Waals surface area contributed by atoms with Crippen LogP contribution in [-0.2, 0) is 10.0 Å². The smallest absolute Gasteiger partial charge is 0.243 e. The zero-order chi connectivity index (χ0) is 15.2. The summed E-state index contributed by atoms with van der Waals surface area (Å²) in [6.45, 7) is 2.15. The molecular weight excluding hydrogens is 292 g/mol. The third-order valence-corrected chi connectivity index (χ3v) is 5.66. The number of hydrogen-bond donors (Lipinski definition) is 1. The van der Waals surface area contributed by atoms with Gasteiger partial charge in [0, 0.05) is 24.4 Å². The molecule has 0 aliphatic carbocycles. The van der Waals surface area contributed by atoms with Crippen LogP contribution in [-0.4, -0.2) is 44.4 Å². The molecular formula is C14H20N2O2S2. The Morgan fingerprint density at radius 3 is 2.75 bits per heavy atom. The molecule has 0 bridgehead atoms. The number of hydrogen-bond acceptors (Lipinski definition) is 4. The molecule has 1 unspecified atom stereocenters. The van der Waals surface area contributed by atoms with Crippen LogP contribution < -0.4 is 5.73 Å². The first kappa shape index (κ1) is 17.1. The van der Waals surface area contributed by atoms with Gasteiger partial charge in [0.25, 0.3) is 0 Å². The average Bonchev–Trinajstić information content (AvgIpc) is 2.44. The van der Waals surface area contributed by atoms with Gasteiger partial charge in [-0.05, 0) is 31.4 Å². The van der Waals surface area contributed by atoms with Gasteiger partial charge in [-0.2, -0.15) is 16.1 Å². The zero-order valence-electron chi connectivity index (χ0n) is 12.0. The molecule has 1 atom stereocenters. The van der Waals surface area contributed by atoms with Crippen molar-refractivity contribution in [2.45, 2.75) is 17.9 Å². The van der Waals surface area contributed by atoms with E-state index in [1.54, 1.807) is 43.1 Å². The summed E-state index contributed by atoms with van der Waals surface area (Å²) in [4.78, 5) is 0.261. The lowest BCUT2D eigenvalue weighted by Crippen LogP contribution is -2.36. The van der Waals surface area contributed by atoms with Crippen molar-refractivity contribution >= 4 is 21.8 Å². The van der Waals surface area contributed by atoms with Gasteiger partial charge in [0.1, 0.15) is 0 Å². The van der Waals surface area contributed by atoms with E-state index in [0.717, 1.165) is 5.75 Å². The van der Waals surface area contributed by atoms with Crippen LogP contribution in [0.4, 0.5) is 0 Å². The Bertz CT molecular complexity index is 603. The first-order valence-electron chi connectivity index (χ1n) is 6.19. The fraction of sp³-hybridized carbons (Fsp3) is 0.429. The number of nitrogens with zero attached hydrogens (tertiary/aromatic N) is 1. The number of sulfonamides is 1. The van der Waals surface area contributed by atoms with Gasteiger partial charge in [-0.25, -0.2) is 8.42 Å². The largest absolute Gasteiger partial charge is 0.320 e. The van der Waals surface area contributed by atoms with E-state index in [1.165, 1.54) is 4.31 Å². The lowest BCUT2D eigenvalue weighted by Gasteiger charge is -2.23. The minimum Gasteiger partial charge on any atom is -0.320 e. The Morgan fingerprint density at radius 1 is 1.45 bits per heavy atom. The summed E-state index contributed by atoms with van der Waals surface area (Å²) in [5, 5.41) is 0. The molecule has 2 N–H and O–H groups in total. The van der Waals surface area contributed by atoms with Gasteiger partial charge < -0.3 is 5.73 Å². The van der Waals surface area contributed by atoms with Crippen molar-refractivity contribution < 1.29 is 8.42 Å². The Labute approximate surface area is 125 Å². The minimum atomic E-state index is -3.49. The topological polar surface area (TPSA) is 63.4 Å². The van der Waals surface area contributed by atoms with E-state index in [0.29, 0.717) is 5.56 Å². The molecule has 1 aromatic carbocycles. The average molecular weight is 312 g/mol. The van der Waals surface area contributed by atoms with E-state index in [9.17, 15) is 8.42 Å². The second-order valence-electron chi connectivity index (χ2n) is 4.36. The molecule has 0 fully saturated rings. The molecule has 110 valence electrons. The number of rotatable bonds is 5. The normalized spacial score (nSPS) is 12.8. The first-order valence-corrected chi connectivity index (χ1v) is 9.03. The molecule has 0 aliphatic rings. The van der Waals surface area contributed by atoms with Crippen molar-refractivity contribution in [2.75, 3.05) is 25.6 Å². The summed E-state index contributed by atoms with van der Waals surface area (Å²) in [6.07, 6.45) is 1.96. The summed E-state index contributed by atoms with van der Waals surface area (Å²) >= 11 is 1.62. The van der Waals surface area contributed by atoms with Crippen LogP contribution in [0.5, 0.6) is 0 Å². The lowest BCUT2D eigenvalue weighted by atomic mass is 10.2. The molecule has 4 nitrogen and oxygen atoms in total. The van der Waals surface area contributed by atoms with Crippen molar-refractivity contribution in [3.8, 4) is 11.8 Å². The SMILES string of the molecule is CSCC(C)N(C)S(=O)(=O)c1cccc(C#CCN)c1. The van der Waals surface area contributed by atoms with Gasteiger partial charge in [0.05, 0.1) is 11.4 Å². The van der Waals surface area contributed by atoms with Gasteiger partial charge in [-0.1, -0.05) is 17.9 Å². The molecule has 0 amide bonds. The van der Waals surface area contributed by atoms with Crippen molar-refractivity contribution in [2.24, 2.45) is 5.73 Å². The number of benzene rings is 1. The van der Waals surface area contributed by atoms with E-state index in [4.69, 9.17) is 5.73 Å². The van der Waals surface area contributed by atoms with Gasteiger partial charge in [0.15, 0.2) is 0 Å². The molecule has 0 heterocycles. The highest BCUT2D eigenvalue weighted by molar-refractivity contribution is 7.98. The maximum absolute atomic E-state index is 12.5. The lowest BCUT2D eigenvalue weighted by molar-refractivity contribution is 0.415. The standard InChI is InChI=1S/C14H20N2O2S2/c1-12(11-19-3)16(2)20(17,18)14-8-4-6-13(10-14)7-5-9-15/h4,6,8,10,12H,9,11,15H2,1-3H3. The molecule has 0 saturated carbocycles. The van der Waals surface area contributed by atoms with Crippen molar-refractivity contribution in [3.05, 3.63) is 29.8 Å². The van der Waals surface area contributed by atoms with Crippen LogP contribution in [0.15, 0.2) is 29.2 Å². The van der Waals surface area contributed by atoms with Gasteiger partial charge in [-0.15, -0.1) is 0 Å². The Kier molecular flexibility index (Phi) is 6.56. The molecule has 6 heteroatoms. The maximum Gasteiger partial charge on any atom is 0.243 e. The van der Waals surface area contributed by atoms with E-state index < -0.39 is 10.0 Å². The number of thioether (sulfide) groups is 1. The second-order valence-corrected chi connectivity index (χ2v) is 7.27. The van der Waals surface area contributed by atoms with Crippen molar-refractivity contribution in [1.29, 1.82) is 0 Å². The van der Waals surface area contributed by atoms with Crippen LogP contribution in [0.25, 0.3) is 0 Å². The fourth-order valence-corrected chi connectivity index (χ4v) is 3.84. The predicted molar refractivity (Wildman–Crippen MR) is 85.2 cm³/mol. The highest BCUT2D eigenvalue weighted by Crippen LogP contribution is 2.18. The summed E-state index contributed by atoms with van der Waals surface area (Å²) in [7, 11) is -1.88. The molecule has 0 radical (unpaired) electrons. The van der Waals surface area contributed by atoms with Crippen LogP contribution in [0.1, 0.15) is 12.5 Å². The number of nitrogens with two attached hydrogens (primary N) is 1. The fourth-order valence-electron chi connectivity index (χ4n) is 1.64. The second kappa shape index (κ2) is 7.70. The molecule has 1 rings (SSSR count). The third kappa shape index (κ3) is 4.25. The summed E-state index contributed by atoms with van der Waals surface area (Å²) in [5.74, 6) is 6.32. The molecule has 0 aliphatic heterocycles. The summed E-state index contributed by atoms with van der Waals surface area (Å²) < 4.78 is 26.4. The van der Waals surface area contributed by atoms with E-state index in [1.807, 2.05) is 13.2 Å². The van der Waals surface area contributed by atoms with Crippen LogP contribution >= 0.6 is 11.8 Å². The van der Waals surface area contributed by atoms with Crippen LogP contribution in [0.2, 0.25) is 0 Å². The third-order valence-electron chi connectivity index (χ3n) is 2.87. The zero-order valence-corrected chi connectivity index (χ0v) is 13.6. The molecule has 1 aromatic rings. The summed E-state index contributed by atoms with van der Waals surface area (Å²) in [6, 6.07) is 6.58. The van der Waals surface area contributed by atoms with Crippen molar-refractivity contribution in [3.63, 3.8) is 0 Å². The summed E-state index contributed by atoms with van der Waals surface area (Å²) in [5.41, 5.74) is 5.97. The monoisotopic (exact) mass is 312 g/mol. The minimum absolute atomic E-state index is 0.0613. The quantitative estimate of drug-likeness (QED) is 0.834. The van der Waals surface area contributed by atoms with Crippen molar-refractivity contribution in [1.82, 2.24) is 4.31 Å². The van der Waals surface area contributed by atoms with Gasteiger partial charge in [-0.3, -0.25) is 0 Å². The Hall–Kier alpha value is -1.00. The molecule has 0 saturated heterocycles. The molecule has 0 spiro atoms. The first-order chi connectivity index (χ1) is 9.43. The Balaban J connectivity index is 3.09. The highest BCUT2D eigenvalue weighted by Gasteiger charge is 2.25. The molecule has 20 heavy (non-hydrogen) atoms. The molecule has 0 aromatic heterocycles. The Morgan fingerprint density at radius 2 is 2.15 bits per heavy atom. The highest BCUT2D eigenvalue weighted by atomic mass is 32.2. The van der Waals surface area contributed by atoms with E-state index >= 15 is 0 Å². The maximum atomic E-state index is 12.5. The van der Waals surface area contributed by atoms with Crippen LogP contribution in [0.3, 0.4) is 0 Å². The predicted octanol–water partition coefficient (Wildman–Crippen LogP) is 1.37. The van der Waals surface area contributed by atoms with E-state index in [2.05, 4.69) is 11.8 Å². The van der Waals surface area contributed by atoms with E-state index in [-0.39, 0.29) is 17.5 Å². The van der Waals surface area contributed by atoms with Gasteiger partial charge >= 0.3 is 0 Å².